The minimum absolute atomic E-state index is 0.119. The monoisotopic (exact) mass is 281 g/mol. The molecule has 1 aliphatic rings. The second-order valence-corrected chi connectivity index (χ2v) is 4.90. The molecular weight excluding hydrogens is 262 g/mol. The van der Waals surface area contributed by atoms with Gasteiger partial charge in [0.1, 0.15) is 5.76 Å². The lowest BCUT2D eigenvalue weighted by atomic mass is 10.1. The SMILES string of the molecule is CCc1oc(C(=O)N2CCOCC2CC(=O)O)cc1C. The van der Waals surface area contributed by atoms with Crippen LogP contribution in [0.15, 0.2) is 10.5 Å². The van der Waals surface area contributed by atoms with E-state index in [-0.39, 0.29) is 24.7 Å². The van der Waals surface area contributed by atoms with Crippen LogP contribution in [0, 0.1) is 6.92 Å². The molecule has 0 radical (unpaired) electrons. The predicted molar refractivity (Wildman–Crippen MR) is 70.7 cm³/mol. The molecule has 6 nitrogen and oxygen atoms in total. The Morgan fingerprint density at radius 3 is 2.85 bits per heavy atom. The highest BCUT2D eigenvalue weighted by Crippen LogP contribution is 2.20. The minimum Gasteiger partial charge on any atom is -0.481 e. The number of rotatable bonds is 4. The summed E-state index contributed by atoms with van der Waals surface area (Å²) in [6.45, 7) is 4.91. The van der Waals surface area contributed by atoms with E-state index < -0.39 is 12.0 Å². The van der Waals surface area contributed by atoms with Crippen LogP contribution in [0.5, 0.6) is 0 Å². The number of hydrogen-bond donors (Lipinski definition) is 1. The first-order valence-corrected chi connectivity index (χ1v) is 6.72. The van der Waals surface area contributed by atoms with Crippen LogP contribution >= 0.6 is 0 Å². The topological polar surface area (TPSA) is 80.0 Å². The molecule has 1 aliphatic heterocycles. The van der Waals surface area contributed by atoms with Crippen molar-refractivity contribution in [2.45, 2.75) is 32.7 Å². The molecule has 2 rings (SSSR count). The number of carboxylic acids is 1. The van der Waals surface area contributed by atoms with Crippen molar-refractivity contribution in [2.24, 2.45) is 0 Å². The summed E-state index contributed by atoms with van der Waals surface area (Å²) < 4.78 is 10.8. The maximum Gasteiger partial charge on any atom is 0.305 e. The molecule has 1 N–H and O–H groups in total. The normalized spacial score (nSPS) is 19.1. The molecular formula is C14H19NO5. The highest BCUT2D eigenvalue weighted by atomic mass is 16.5. The van der Waals surface area contributed by atoms with Crippen LogP contribution in [0.2, 0.25) is 0 Å². The molecule has 1 aromatic heterocycles. The van der Waals surface area contributed by atoms with Gasteiger partial charge in [0.2, 0.25) is 0 Å². The summed E-state index contributed by atoms with van der Waals surface area (Å²) in [5, 5.41) is 8.91. The fourth-order valence-corrected chi connectivity index (χ4v) is 2.41. The van der Waals surface area contributed by atoms with Crippen molar-refractivity contribution in [3.05, 3.63) is 23.2 Å². The Kier molecular flexibility index (Phi) is 4.44. The number of furan rings is 1. The number of carbonyl (C=O) groups excluding carboxylic acids is 1. The number of morpholine rings is 1. The number of amides is 1. The van der Waals surface area contributed by atoms with Gasteiger partial charge in [-0.2, -0.15) is 0 Å². The molecule has 1 amide bonds. The van der Waals surface area contributed by atoms with Gasteiger partial charge in [-0.15, -0.1) is 0 Å². The maximum atomic E-state index is 12.5. The molecule has 6 heteroatoms. The molecule has 0 saturated carbocycles. The van der Waals surface area contributed by atoms with Crippen LogP contribution in [0.1, 0.15) is 35.2 Å². The van der Waals surface area contributed by atoms with E-state index in [0.717, 1.165) is 17.7 Å². The number of carbonyl (C=O) groups is 2. The van der Waals surface area contributed by atoms with Gasteiger partial charge in [-0.1, -0.05) is 6.92 Å². The Bertz CT molecular complexity index is 508. The van der Waals surface area contributed by atoms with Crippen LogP contribution in [0.4, 0.5) is 0 Å². The lowest BCUT2D eigenvalue weighted by molar-refractivity contribution is -0.139. The van der Waals surface area contributed by atoms with E-state index in [1.807, 2.05) is 13.8 Å². The van der Waals surface area contributed by atoms with Crippen molar-refractivity contribution in [1.82, 2.24) is 4.90 Å². The van der Waals surface area contributed by atoms with Gasteiger partial charge >= 0.3 is 5.97 Å². The third-order valence-corrected chi connectivity index (χ3v) is 3.45. The van der Waals surface area contributed by atoms with Gasteiger partial charge in [-0.05, 0) is 18.6 Å². The van der Waals surface area contributed by atoms with Crippen LogP contribution < -0.4 is 0 Å². The molecule has 1 saturated heterocycles. The number of aryl methyl sites for hydroxylation is 2. The second-order valence-electron chi connectivity index (χ2n) is 4.90. The van der Waals surface area contributed by atoms with E-state index in [2.05, 4.69) is 0 Å². The maximum absolute atomic E-state index is 12.5. The average Bonchev–Trinajstić information content (AvgIpc) is 2.79. The first-order valence-electron chi connectivity index (χ1n) is 6.72. The third-order valence-electron chi connectivity index (χ3n) is 3.45. The standard InChI is InChI=1S/C14H19NO5/c1-3-11-9(2)6-12(20-11)14(18)15-4-5-19-8-10(15)7-13(16)17/h6,10H,3-5,7-8H2,1-2H3,(H,16,17). The highest BCUT2D eigenvalue weighted by Gasteiger charge is 2.31. The summed E-state index contributed by atoms with van der Waals surface area (Å²) in [5.41, 5.74) is 0.943. The molecule has 2 heterocycles. The van der Waals surface area contributed by atoms with Gasteiger partial charge in [0.05, 0.1) is 25.7 Å². The van der Waals surface area contributed by atoms with E-state index in [4.69, 9.17) is 14.3 Å². The molecule has 20 heavy (non-hydrogen) atoms. The summed E-state index contributed by atoms with van der Waals surface area (Å²) in [5.74, 6) is -0.140. The average molecular weight is 281 g/mol. The zero-order valence-electron chi connectivity index (χ0n) is 11.7. The Morgan fingerprint density at radius 1 is 1.50 bits per heavy atom. The Hall–Kier alpha value is -1.82. The van der Waals surface area contributed by atoms with Gasteiger partial charge in [-0.25, -0.2) is 0 Å². The number of ether oxygens (including phenoxy) is 1. The first-order chi connectivity index (χ1) is 9.52. The molecule has 110 valence electrons. The third kappa shape index (κ3) is 3.01. The van der Waals surface area contributed by atoms with E-state index in [1.165, 1.54) is 4.90 Å². The highest BCUT2D eigenvalue weighted by molar-refractivity contribution is 5.92. The zero-order valence-corrected chi connectivity index (χ0v) is 11.7. The summed E-state index contributed by atoms with van der Waals surface area (Å²) in [6.07, 6.45) is 0.604. The van der Waals surface area contributed by atoms with Gasteiger partial charge in [0, 0.05) is 13.0 Å². The molecule has 0 bridgehead atoms. The van der Waals surface area contributed by atoms with Crippen molar-refractivity contribution < 1.29 is 23.8 Å². The van der Waals surface area contributed by atoms with Gasteiger partial charge in [0.15, 0.2) is 5.76 Å². The lowest BCUT2D eigenvalue weighted by Crippen LogP contribution is -2.49. The second kappa shape index (κ2) is 6.09. The fourth-order valence-electron chi connectivity index (χ4n) is 2.41. The quantitative estimate of drug-likeness (QED) is 0.904. The van der Waals surface area contributed by atoms with Crippen molar-refractivity contribution in [1.29, 1.82) is 0 Å². The van der Waals surface area contributed by atoms with E-state index in [1.54, 1.807) is 6.07 Å². The van der Waals surface area contributed by atoms with Crippen molar-refractivity contribution in [2.75, 3.05) is 19.8 Å². The van der Waals surface area contributed by atoms with Crippen molar-refractivity contribution >= 4 is 11.9 Å². The zero-order chi connectivity index (χ0) is 14.7. The van der Waals surface area contributed by atoms with E-state index in [9.17, 15) is 9.59 Å². The summed E-state index contributed by atoms with van der Waals surface area (Å²) in [4.78, 5) is 24.9. The molecule has 0 aliphatic carbocycles. The van der Waals surface area contributed by atoms with E-state index in [0.29, 0.717) is 13.2 Å². The van der Waals surface area contributed by atoms with Crippen LogP contribution in [0.3, 0.4) is 0 Å². The minimum atomic E-state index is -0.942. The van der Waals surface area contributed by atoms with Crippen LogP contribution in [-0.2, 0) is 16.0 Å². The van der Waals surface area contributed by atoms with Gasteiger partial charge in [-0.3, -0.25) is 9.59 Å². The number of aliphatic carboxylic acids is 1. The summed E-state index contributed by atoms with van der Waals surface area (Å²) >= 11 is 0. The molecule has 1 atom stereocenters. The number of carboxylic acid groups (broad SMARTS) is 1. The van der Waals surface area contributed by atoms with Crippen molar-refractivity contribution in [3.8, 4) is 0 Å². The summed E-state index contributed by atoms with van der Waals surface area (Å²) in [7, 11) is 0. The van der Waals surface area contributed by atoms with E-state index >= 15 is 0 Å². The first kappa shape index (κ1) is 14.6. The molecule has 1 fully saturated rings. The molecule has 0 spiro atoms. The Labute approximate surface area is 117 Å². The molecule has 1 aromatic rings. The van der Waals surface area contributed by atoms with Crippen LogP contribution in [-0.4, -0.2) is 47.7 Å². The number of hydrogen-bond acceptors (Lipinski definition) is 4. The van der Waals surface area contributed by atoms with Crippen LogP contribution in [0.25, 0.3) is 0 Å². The lowest BCUT2D eigenvalue weighted by Gasteiger charge is -2.34. The Balaban J connectivity index is 2.18. The van der Waals surface area contributed by atoms with Gasteiger partial charge < -0.3 is 19.2 Å². The molecule has 1 unspecified atom stereocenters. The predicted octanol–water partition coefficient (Wildman–Crippen LogP) is 1.47. The number of nitrogens with zero attached hydrogens (tertiary/aromatic N) is 1. The summed E-state index contributed by atoms with van der Waals surface area (Å²) in [6, 6.07) is 1.28. The fraction of sp³-hybridized carbons (Fsp3) is 0.571. The smallest absolute Gasteiger partial charge is 0.305 e. The van der Waals surface area contributed by atoms with Crippen molar-refractivity contribution in [3.63, 3.8) is 0 Å². The molecule has 0 aromatic carbocycles. The van der Waals surface area contributed by atoms with Gasteiger partial charge in [0.25, 0.3) is 5.91 Å². The largest absolute Gasteiger partial charge is 0.481 e. The Morgan fingerprint density at radius 2 is 2.25 bits per heavy atom.